The lowest BCUT2D eigenvalue weighted by molar-refractivity contribution is 0.0491. The van der Waals surface area contributed by atoms with Crippen LogP contribution >= 0.6 is 11.6 Å². The van der Waals surface area contributed by atoms with Crippen molar-refractivity contribution in [2.45, 2.75) is 61.0 Å². The van der Waals surface area contributed by atoms with Gasteiger partial charge in [0.1, 0.15) is 10.6 Å². The number of fused-ring (bicyclic) bond motifs is 5. The van der Waals surface area contributed by atoms with Gasteiger partial charge in [0.2, 0.25) is 10.0 Å². The minimum atomic E-state index is -4.28. The maximum atomic E-state index is 15.4. The highest BCUT2D eigenvalue weighted by Crippen LogP contribution is 2.59. The molecule has 5 atom stereocenters. The van der Waals surface area contributed by atoms with E-state index in [2.05, 4.69) is 4.72 Å². The molecule has 0 aromatic heterocycles. The Morgan fingerprint density at radius 1 is 1.14 bits per heavy atom. The molecule has 3 aliphatic rings. The van der Waals surface area contributed by atoms with Crippen LogP contribution in [0.4, 0.5) is 8.78 Å². The smallest absolute Gasteiger partial charge is 0.214 e. The molecule has 0 unspecified atom stereocenters. The average Bonchev–Trinajstić information content (AvgIpc) is 2.79. The molecule has 2 aromatic rings. The lowest BCUT2D eigenvalue weighted by Gasteiger charge is -2.54. The number of nitrogens with one attached hydrogen (secondary N) is 1. The number of sulfonamides is 1. The van der Waals surface area contributed by atoms with Gasteiger partial charge < -0.3 is 4.74 Å². The minimum absolute atomic E-state index is 0. The molecule has 2 aliphatic heterocycles. The lowest BCUT2D eigenvalue weighted by Crippen LogP contribution is -2.63. The predicted octanol–water partition coefficient (Wildman–Crippen LogP) is 4.81. The number of benzene rings is 2. The minimum Gasteiger partial charge on any atom is -0.490 e. The highest BCUT2D eigenvalue weighted by molar-refractivity contribution is 7.92. The Bertz CT molecular complexity index is 1350. The molecule has 11 heteroatoms. The van der Waals surface area contributed by atoms with Gasteiger partial charge in [0.05, 0.1) is 22.3 Å². The molecule has 2 aromatic carbocycles. The quantitative estimate of drug-likeness (QED) is 0.595. The highest BCUT2D eigenvalue weighted by Gasteiger charge is 2.64. The first-order valence-corrected chi connectivity index (χ1v) is 14.6. The van der Waals surface area contributed by atoms with Crippen molar-refractivity contribution in [1.82, 2.24) is 4.72 Å². The molecule has 1 aliphatic carbocycles. The Labute approximate surface area is 210 Å². The Balaban J connectivity index is 0.00000289. The van der Waals surface area contributed by atoms with Gasteiger partial charge >= 0.3 is 0 Å². The van der Waals surface area contributed by atoms with E-state index in [1.807, 2.05) is 0 Å². The summed E-state index contributed by atoms with van der Waals surface area (Å²) in [6, 6.07) is 6.94. The van der Waals surface area contributed by atoms with E-state index in [1.54, 1.807) is 6.92 Å². The summed E-state index contributed by atoms with van der Waals surface area (Å²) in [5, 5.41) is -0.365. The van der Waals surface area contributed by atoms with Crippen LogP contribution in [0.2, 0.25) is 5.02 Å². The summed E-state index contributed by atoms with van der Waals surface area (Å²) in [4.78, 5) is -0.0553. The van der Waals surface area contributed by atoms with E-state index in [9.17, 15) is 21.2 Å². The molecule has 0 amide bonds. The first kappa shape index (κ1) is 26.3. The van der Waals surface area contributed by atoms with Crippen LogP contribution in [-0.2, 0) is 24.6 Å². The third-order valence-corrected chi connectivity index (χ3v) is 12.5. The number of hydrogen-bond donors (Lipinski definition) is 1. The molecule has 2 heterocycles. The average molecular weight is 548 g/mol. The SMILES string of the molecule is C.CC[C@@H]1C[C@@H]2[C@@H](CC[C@@]3(S(=O)(=O)c4ccc(Cl)cc4)c4c(F)ccc(F)c4OC[C@@H]23)NS1(=O)=O. The number of halogens is 3. The van der Waals surface area contributed by atoms with Gasteiger partial charge in [0, 0.05) is 17.0 Å². The number of hydrogen-bond acceptors (Lipinski definition) is 5. The first-order valence-electron chi connectivity index (χ1n) is 11.2. The summed E-state index contributed by atoms with van der Waals surface area (Å²) in [7, 11) is -7.84. The van der Waals surface area contributed by atoms with E-state index < -0.39 is 65.1 Å². The number of rotatable bonds is 3. The van der Waals surface area contributed by atoms with Crippen LogP contribution in [0.25, 0.3) is 0 Å². The van der Waals surface area contributed by atoms with Crippen molar-refractivity contribution in [3.8, 4) is 5.75 Å². The van der Waals surface area contributed by atoms with Crippen LogP contribution in [0.15, 0.2) is 41.3 Å². The van der Waals surface area contributed by atoms with Crippen LogP contribution in [-0.4, -0.2) is 34.7 Å². The van der Waals surface area contributed by atoms with Crippen LogP contribution in [0.1, 0.15) is 45.6 Å². The second kappa shape index (κ2) is 8.97. The van der Waals surface area contributed by atoms with E-state index >= 15 is 4.39 Å². The van der Waals surface area contributed by atoms with Crippen molar-refractivity contribution in [2.75, 3.05) is 6.61 Å². The Hall–Kier alpha value is -1.75. The zero-order valence-corrected chi connectivity index (χ0v) is 20.7. The Morgan fingerprint density at radius 3 is 2.46 bits per heavy atom. The van der Waals surface area contributed by atoms with E-state index in [0.717, 1.165) is 12.1 Å². The van der Waals surface area contributed by atoms with Crippen molar-refractivity contribution >= 4 is 31.5 Å². The highest BCUT2D eigenvalue weighted by atomic mass is 35.5. The third-order valence-electron chi connectivity index (χ3n) is 7.70. The molecule has 6 nitrogen and oxygen atoms in total. The van der Waals surface area contributed by atoms with Gasteiger partial charge in [-0.05, 0) is 68.0 Å². The molecular weight excluding hydrogens is 520 g/mol. The Morgan fingerprint density at radius 2 is 1.80 bits per heavy atom. The molecule has 5 rings (SSSR count). The normalized spacial score (nSPS) is 31.2. The summed E-state index contributed by atoms with van der Waals surface area (Å²) < 4.78 is 90.7. The van der Waals surface area contributed by atoms with Crippen molar-refractivity contribution in [3.05, 3.63) is 58.6 Å². The molecule has 0 radical (unpaired) electrons. The fraction of sp³-hybridized carbons (Fsp3) is 0.500. The topological polar surface area (TPSA) is 89.5 Å². The monoisotopic (exact) mass is 547 g/mol. The summed E-state index contributed by atoms with van der Waals surface area (Å²) >= 11 is 5.97. The molecule has 0 bridgehead atoms. The van der Waals surface area contributed by atoms with E-state index in [1.165, 1.54) is 24.3 Å². The van der Waals surface area contributed by atoms with Crippen LogP contribution in [0, 0.1) is 23.5 Å². The summed E-state index contributed by atoms with van der Waals surface area (Å²) in [5.41, 5.74) is -0.307. The predicted molar refractivity (Wildman–Crippen MR) is 130 cm³/mol. The Kier molecular flexibility index (Phi) is 6.75. The lowest BCUT2D eigenvalue weighted by atomic mass is 9.64. The summed E-state index contributed by atoms with van der Waals surface area (Å²) in [5.74, 6) is -3.30. The molecule has 1 N–H and O–H groups in total. The van der Waals surface area contributed by atoms with Gasteiger partial charge in [0.25, 0.3) is 0 Å². The van der Waals surface area contributed by atoms with Gasteiger partial charge in [-0.25, -0.2) is 30.3 Å². The maximum absolute atomic E-state index is 15.4. The van der Waals surface area contributed by atoms with E-state index in [4.69, 9.17) is 16.3 Å². The maximum Gasteiger partial charge on any atom is 0.214 e. The second-order valence-corrected chi connectivity index (χ2v) is 13.9. The second-order valence-electron chi connectivity index (χ2n) is 9.24. The van der Waals surface area contributed by atoms with Gasteiger partial charge in [-0.3, -0.25) is 0 Å². The first-order chi connectivity index (χ1) is 16.0. The summed E-state index contributed by atoms with van der Waals surface area (Å²) in [6.45, 7) is 1.59. The summed E-state index contributed by atoms with van der Waals surface area (Å²) in [6.07, 6.45) is 0.649. The van der Waals surface area contributed by atoms with Gasteiger partial charge in [-0.15, -0.1) is 0 Å². The zero-order chi connectivity index (χ0) is 24.5. The van der Waals surface area contributed by atoms with Crippen molar-refractivity contribution < 1.29 is 30.4 Å². The van der Waals surface area contributed by atoms with Crippen LogP contribution in [0.3, 0.4) is 0 Å². The van der Waals surface area contributed by atoms with Gasteiger partial charge in [-0.2, -0.15) is 0 Å². The molecule has 0 spiro atoms. The molecular formula is C24H28ClF2NO5S2. The van der Waals surface area contributed by atoms with Crippen molar-refractivity contribution in [3.63, 3.8) is 0 Å². The van der Waals surface area contributed by atoms with Crippen molar-refractivity contribution in [1.29, 1.82) is 0 Å². The van der Waals surface area contributed by atoms with Gasteiger partial charge in [0.15, 0.2) is 21.4 Å². The molecule has 1 saturated carbocycles. The standard InChI is InChI=1S/C23H24ClF2NO5S2.CH4/c1-2-14-11-16-17-12-32-22-19(26)8-7-18(25)21(22)23(17,10-9-20(16)27-34(14,30)31)33(28,29)15-5-3-13(24)4-6-15;/h3-8,14,16-17,20,27H,2,9-12H2,1H3;1H4/t14-,16+,17+,20-,23+;/m1./s1. The van der Waals surface area contributed by atoms with Crippen LogP contribution < -0.4 is 9.46 Å². The van der Waals surface area contributed by atoms with Crippen molar-refractivity contribution in [2.24, 2.45) is 11.8 Å². The number of ether oxygens (including phenoxy) is 1. The van der Waals surface area contributed by atoms with Crippen LogP contribution in [0.5, 0.6) is 5.75 Å². The molecule has 192 valence electrons. The van der Waals surface area contributed by atoms with Gasteiger partial charge in [-0.1, -0.05) is 26.0 Å². The number of sulfone groups is 1. The van der Waals surface area contributed by atoms with E-state index in [0.29, 0.717) is 11.4 Å². The fourth-order valence-electron chi connectivity index (χ4n) is 6.10. The fourth-order valence-corrected chi connectivity index (χ4v) is 10.4. The third kappa shape index (κ3) is 3.79. The molecule has 35 heavy (non-hydrogen) atoms. The zero-order valence-electron chi connectivity index (χ0n) is 18.3. The molecule has 1 saturated heterocycles. The molecule has 2 fully saturated rings. The van der Waals surface area contributed by atoms with E-state index in [-0.39, 0.29) is 43.8 Å². The largest absolute Gasteiger partial charge is 0.490 e.